The van der Waals surface area contributed by atoms with Crippen LogP contribution in [0.2, 0.25) is 0 Å². The van der Waals surface area contributed by atoms with E-state index in [1.165, 1.54) is 4.90 Å². The molecule has 0 spiro atoms. The number of fused-ring (bicyclic) bond motifs is 1. The van der Waals surface area contributed by atoms with E-state index in [9.17, 15) is 14.7 Å². The largest absolute Gasteiger partial charge is 0.505 e. The maximum atomic E-state index is 13.3. The van der Waals surface area contributed by atoms with Gasteiger partial charge in [-0.15, -0.1) is 0 Å². The number of methoxy groups -OCH3 is 1. The van der Waals surface area contributed by atoms with Crippen LogP contribution in [0.5, 0.6) is 5.75 Å². The monoisotopic (exact) mass is 491 g/mol. The maximum absolute atomic E-state index is 13.3. The molecule has 1 saturated heterocycles. The quantitative estimate of drug-likeness (QED) is 0.181. The zero-order valence-corrected chi connectivity index (χ0v) is 21.1. The summed E-state index contributed by atoms with van der Waals surface area (Å²) in [5, 5.41) is 11.5. The average molecular weight is 492 g/mol. The Kier molecular flexibility index (Phi) is 8.05. The number of ketones is 1. The summed E-state index contributed by atoms with van der Waals surface area (Å²) in [6.07, 6.45) is 5.46. The number of rotatable bonds is 11. The minimum absolute atomic E-state index is 0.0503. The number of aromatic nitrogens is 2. The van der Waals surface area contributed by atoms with Gasteiger partial charge < -0.3 is 19.5 Å². The number of carbonyl (C=O) groups excluding carboxylic acids is 2. The van der Waals surface area contributed by atoms with E-state index in [1.807, 2.05) is 42.5 Å². The van der Waals surface area contributed by atoms with E-state index < -0.39 is 17.7 Å². The number of ether oxygens (including phenoxy) is 2. The molecule has 4 rings (SSSR count). The predicted molar refractivity (Wildman–Crippen MR) is 137 cm³/mol. The van der Waals surface area contributed by atoms with Gasteiger partial charge in [-0.1, -0.05) is 38.0 Å². The summed E-state index contributed by atoms with van der Waals surface area (Å²) < 4.78 is 12.8. The van der Waals surface area contributed by atoms with Crippen molar-refractivity contribution in [2.24, 2.45) is 0 Å². The van der Waals surface area contributed by atoms with Crippen LogP contribution in [-0.4, -0.2) is 57.9 Å². The van der Waals surface area contributed by atoms with E-state index in [2.05, 4.69) is 11.9 Å². The van der Waals surface area contributed by atoms with E-state index in [4.69, 9.17) is 9.47 Å². The smallest absolute Gasteiger partial charge is 0.295 e. The number of aliphatic hydroxyl groups excluding tert-OH is 1. The summed E-state index contributed by atoms with van der Waals surface area (Å²) in [4.78, 5) is 32.6. The van der Waals surface area contributed by atoms with Crippen LogP contribution in [0, 0.1) is 6.92 Å². The second-order valence-electron chi connectivity index (χ2n) is 8.94. The first-order valence-corrected chi connectivity index (χ1v) is 12.4. The first-order valence-electron chi connectivity index (χ1n) is 12.4. The van der Waals surface area contributed by atoms with E-state index in [1.54, 1.807) is 24.6 Å². The molecule has 3 aromatic rings. The number of benzene rings is 1. The van der Waals surface area contributed by atoms with Gasteiger partial charge in [0.2, 0.25) is 0 Å². The second kappa shape index (κ2) is 11.4. The molecule has 1 atom stereocenters. The fourth-order valence-electron chi connectivity index (χ4n) is 4.68. The number of pyridine rings is 1. The van der Waals surface area contributed by atoms with Gasteiger partial charge in [0.15, 0.2) is 5.76 Å². The van der Waals surface area contributed by atoms with E-state index >= 15 is 0 Å². The van der Waals surface area contributed by atoms with Gasteiger partial charge in [-0.25, -0.2) is 4.98 Å². The first-order chi connectivity index (χ1) is 17.5. The number of aliphatic hydroxyl groups is 1. The normalized spacial score (nSPS) is 17.3. The Bertz CT molecular complexity index is 1280. The molecule has 1 unspecified atom stereocenters. The molecule has 2 aromatic heterocycles. The number of aryl methyl sites for hydroxylation is 1. The van der Waals surface area contributed by atoms with Crippen molar-refractivity contribution in [3.05, 3.63) is 71.2 Å². The molecular formula is C28H33N3O5. The Morgan fingerprint density at radius 1 is 1.08 bits per heavy atom. The van der Waals surface area contributed by atoms with Crippen LogP contribution in [0.1, 0.15) is 55.6 Å². The molecule has 1 aliphatic heterocycles. The Labute approximate surface area is 211 Å². The Hall–Kier alpha value is -3.65. The van der Waals surface area contributed by atoms with Gasteiger partial charge >= 0.3 is 0 Å². The van der Waals surface area contributed by atoms with Crippen LogP contribution in [-0.2, 0) is 14.3 Å². The van der Waals surface area contributed by atoms with Gasteiger partial charge in [-0.2, -0.15) is 0 Å². The second-order valence-corrected chi connectivity index (χ2v) is 8.94. The molecule has 1 fully saturated rings. The molecule has 1 amide bonds. The van der Waals surface area contributed by atoms with Gasteiger partial charge in [0.1, 0.15) is 17.1 Å². The highest BCUT2D eigenvalue weighted by atomic mass is 16.5. The lowest BCUT2D eigenvalue weighted by atomic mass is 9.96. The SMILES string of the molecule is CCCCCOc1cccc(C2/C(=C(\O)c3c(C)nc4ccccn34)C(=O)C(=O)N2CCCOC)c1. The fourth-order valence-corrected chi connectivity index (χ4v) is 4.68. The number of Topliss-reactive ketones (excluding diaryl/α,β-unsaturated/α-hetero) is 1. The zero-order valence-electron chi connectivity index (χ0n) is 21.1. The van der Waals surface area contributed by atoms with Gasteiger partial charge in [0, 0.05) is 26.5 Å². The van der Waals surface area contributed by atoms with Crippen LogP contribution in [0.15, 0.2) is 54.2 Å². The highest BCUT2D eigenvalue weighted by Crippen LogP contribution is 2.40. The zero-order chi connectivity index (χ0) is 25.7. The summed E-state index contributed by atoms with van der Waals surface area (Å²) in [5.41, 5.74) is 2.36. The average Bonchev–Trinajstić information content (AvgIpc) is 3.35. The Balaban J connectivity index is 1.80. The van der Waals surface area contributed by atoms with Crippen molar-refractivity contribution in [1.82, 2.24) is 14.3 Å². The van der Waals surface area contributed by atoms with Crippen molar-refractivity contribution >= 4 is 23.1 Å². The highest BCUT2D eigenvalue weighted by molar-refractivity contribution is 6.46. The van der Waals surface area contributed by atoms with Gasteiger partial charge in [0.05, 0.1) is 23.9 Å². The molecule has 190 valence electrons. The lowest BCUT2D eigenvalue weighted by Crippen LogP contribution is -2.31. The molecule has 0 radical (unpaired) electrons. The molecule has 1 aromatic carbocycles. The van der Waals surface area contributed by atoms with Gasteiger partial charge in [-0.05, 0) is 49.6 Å². The molecule has 36 heavy (non-hydrogen) atoms. The van der Waals surface area contributed by atoms with Crippen molar-refractivity contribution in [1.29, 1.82) is 0 Å². The van der Waals surface area contributed by atoms with E-state index in [0.717, 1.165) is 19.3 Å². The molecule has 0 saturated carbocycles. The Morgan fingerprint density at radius 2 is 1.92 bits per heavy atom. The van der Waals surface area contributed by atoms with E-state index in [-0.39, 0.29) is 11.3 Å². The van der Waals surface area contributed by atoms with Crippen molar-refractivity contribution in [2.75, 3.05) is 26.9 Å². The molecule has 8 nitrogen and oxygen atoms in total. The standard InChI is InChI=1S/C28H33N3O5/c1-4-5-8-17-36-21-12-9-11-20(18-21)25-23(27(33)28(34)31(25)15-10-16-35-3)26(32)24-19(2)29-22-13-6-7-14-30(22)24/h6-7,9,11-14,18,25,32H,4-5,8,10,15-17H2,1-3H3/b26-23+. The number of imidazole rings is 1. The number of likely N-dealkylation sites (tertiary alicyclic amines) is 1. The molecule has 1 aliphatic rings. The summed E-state index contributed by atoms with van der Waals surface area (Å²) >= 11 is 0. The summed E-state index contributed by atoms with van der Waals surface area (Å²) in [6.45, 7) is 5.26. The highest BCUT2D eigenvalue weighted by Gasteiger charge is 2.46. The van der Waals surface area contributed by atoms with Crippen molar-refractivity contribution in [3.8, 4) is 5.75 Å². The van der Waals surface area contributed by atoms with Crippen LogP contribution < -0.4 is 4.74 Å². The van der Waals surface area contributed by atoms with Crippen LogP contribution in [0.3, 0.4) is 0 Å². The lowest BCUT2D eigenvalue weighted by Gasteiger charge is -2.25. The van der Waals surface area contributed by atoms with E-state index in [0.29, 0.717) is 54.5 Å². The third-order valence-corrected chi connectivity index (χ3v) is 6.41. The van der Waals surface area contributed by atoms with Crippen molar-refractivity contribution in [3.63, 3.8) is 0 Å². The van der Waals surface area contributed by atoms with Crippen LogP contribution in [0.4, 0.5) is 0 Å². The predicted octanol–water partition coefficient (Wildman–Crippen LogP) is 4.67. The van der Waals surface area contributed by atoms with Gasteiger partial charge in [-0.3, -0.25) is 14.0 Å². The number of unbranched alkanes of at least 4 members (excludes halogenated alkanes) is 2. The number of carbonyl (C=O) groups is 2. The third kappa shape index (κ3) is 4.99. The topological polar surface area (TPSA) is 93.4 Å². The molecule has 1 N–H and O–H groups in total. The number of nitrogens with zero attached hydrogens (tertiary/aromatic N) is 3. The minimum Gasteiger partial charge on any atom is -0.505 e. The summed E-state index contributed by atoms with van der Waals surface area (Å²) in [6, 6.07) is 12.2. The number of hydrogen-bond donors (Lipinski definition) is 1. The van der Waals surface area contributed by atoms with Crippen LogP contribution >= 0.6 is 0 Å². The maximum Gasteiger partial charge on any atom is 0.295 e. The Morgan fingerprint density at radius 3 is 2.69 bits per heavy atom. The third-order valence-electron chi connectivity index (χ3n) is 6.41. The summed E-state index contributed by atoms with van der Waals surface area (Å²) in [5.74, 6) is -0.928. The molecular weight excluding hydrogens is 458 g/mol. The molecule has 0 aliphatic carbocycles. The minimum atomic E-state index is -0.755. The first kappa shape index (κ1) is 25.4. The van der Waals surface area contributed by atoms with Crippen LogP contribution in [0.25, 0.3) is 11.4 Å². The number of amides is 1. The molecule has 3 heterocycles. The molecule has 0 bridgehead atoms. The van der Waals surface area contributed by atoms with Crippen molar-refractivity contribution in [2.45, 2.75) is 45.6 Å². The summed E-state index contributed by atoms with van der Waals surface area (Å²) in [7, 11) is 1.60. The lowest BCUT2D eigenvalue weighted by molar-refractivity contribution is -0.140. The fraction of sp³-hybridized carbons (Fsp3) is 0.393. The van der Waals surface area contributed by atoms with Gasteiger partial charge in [0.25, 0.3) is 11.7 Å². The number of hydrogen-bond acceptors (Lipinski definition) is 6. The molecule has 8 heteroatoms. The van der Waals surface area contributed by atoms with Crippen molar-refractivity contribution < 1.29 is 24.2 Å².